The van der Waals surface area contributed by atoms with Crippen LogP contribution >= 0.6 is 0 Å². The molecule has 1 N–H and O–H groups in total. The van der Waals surface area contributed by atoms with Gasteiger partial charge in [-0.3, -0.25) is 9.59 Å². The van der Waals surface area contributed by atoms with Gasteiger partial charge < -0.3 is 5.11 Å². The topological polar surface area (TPSA) is 54.4 Å². The molecule has 98 valence electrons. The molecule has 0 heterocycles. The number of aliphatic carboxylic acids is 1. The minimum absolute atomic E-state index is 0.109. The minimum Gasteiger partial charge on any atom is -0.481 e. The third-order valence-electron chi connectivity index (χ3n) is 4.00. The average molecular weight is 240 g/mol. The van der Waals surface area contributed by atoms with Crippen LogP contribution in [0.3, 0.4) is 0 Å². The summed E-state index contributed by atoms with van der Waals surface area (Å²) < 4.78 is 0. The molecule has 1 rings (SSSR count). The van der Waals surface area contributed by atoms with E-state index >= 15 is 0 Å². The SMILES string of the molecule is CC1CCC(C(C)C)C(CC(=O)CC(=O)O)C1. The van der Waals surface area contributed by atoms with Crippen LogP contribution in [-0.2, 0) is 9.59 Å². The monoisotopic (exact) mass is 240 g/mol. The van der Waals surface area contributed by atoms with Crippen LogP contribution in [0.1, 0.15) is 52.9 Å². The van der Waals surface area contributed by atoms with E-state index in [-0.39, 0.29) is 12.2 Å². The molecule has 3 nitrogen and oxygen atoms in total. The predicted octanol–water partition coefficient (Wildman–Crippen LogP) is 3.13. The Balaban J connectivity index is 2.57. The van der Waals surface area contributed by atoms with E-state index < -0.39 is 5.97 Å². The zero-order valence-electron chi connectivity index (χ0n) is 11.1. The molecule has 0 aromatic rings. The summed E-state index contributed by atoms with van der Waals surface area (Å²) in [4.78, 5) is 22.1. The van der Waals surface area contributed by atoms with Gasteiger partial charge in [0.2, 0.25) is 0 Å². The van der Waals surface area contributed by atoms with Gasteiger partial charge in [0.25, 0.3) is 0 Å². The summed E-state index contributed by atoms with van der Waals surface area (Å²) in [5, 5.41) is 8.62. The Morgan fingerprint density at radius 3 is 2.47 bits per heavy atom. The molecule has 0 aliphatic heterocycles. The molecule has 0 amide bonds. The quantitative estimate of drug-likeness (QED) is 0.751. The highest BCUT2D eigenvalue weighted by molar-refractivity contribution is 5.94. The van der Waals surface area contributed by atoms with Crippen molar-refractivity contribution in [2.75, 3.05) is 0 Å². The summed E-state index contributed by atoms with van der Waals surface area (Å²) in [7, 11) is 0. The van der Waals surface area contributed by atoms with E-state index in [4.69, 9.17) is 5.11 Å². The van der Waals surface area contributed by atoms with Crippen molar-refractivity contribution < 1.29 is 14.7 Å². The smallest absolute Gasteiger partial charge is 0.310 e. The molecule has 17 heavy (non-hydrogen) atoms. The molecule has 1 aliphatic carbocycles. The number of rotatable bonds is 5. The van der Waals surface area contributed by atoms with Crippen molar-refractivity contribution in [1.82, 2.24) is 0 Å². The van der Waals surface area contributed by atoms with Gasteiger partial charge in [0.15, 0.2) is 0 Å². The van der Waals surface area contributed by atoms with Gasteiger partial charge in [0.05, 0.1) is 0 Å². The maximum atomic E-state index is 11.6. The Kier molecular flexibility index (Phi) is 5.16. The first-order chi connectivity index (χ1) is 7.90. The minimum atomic E-state index is -1.00. The zero-order valence-corrected chi connectivity index (χ0v) is 11.1. The van der Waals surface area contributed by atoms with E-state index in [1.165, 1.54) is 12.8 Å². The summed E-state index contributed by atoms with van der Waals surface area (Å²) >= 11 is 0. The number of Topliss-reactive ketones (excluding diaryl/α,β-unsaturated/α-hetero) is 1. The van der Waals surface area contributed by atoms with Gasteiger partial charge in [-0.1, -0.05) is 27.2 Å². The first-order valence-electron chi connectivity index (χ1n) is 6.63. The highest BCUT2D eigenvalue weighted by atomic mass is 16.4. The van der Waals surface area contributed by atoms with Gasteiger partial charge in [-0.2, -0.15) is 0 Å². The molecule has 3 unspecified atom stereocenters. The number of carbonyl (C=O) groups excluding carboxylic acids is 1. The van der Waals surface area contributed by atoms with E-state index in [2.05, 4.69) is 20.8 Å². The first kappa shape index (κ1) is 14.2. The fraction of sp³-hybridized carbons (Fsp3) is 0.857. The zero-order chi connectivity index (χ0) is 13.0. The summed E-state index contributed by atoms with van der Waals surface area (Å²) in [6, 6.07) is 0. The number of ketones is 1. The lowest BCUT2D eigenvalue weighted by Gasteiger charge is -2.37. The summed E-state index contributed by atoms with van der Waals surface area (Å²) in [5.41, 5.74) is 0. The van der Waals surface area contributed by atoms with Crippen molar-refractivity contribution in [3.8, 4) is 0 Å². The molecule has 1 fully saturated rings. The molecule has 1 aliphatic rings. The van der Waals surface area contributed by atoms with Crippen molar-refractivity contribution in [1.29, 1.82) is 0 Å². The van der Waals surface area contributed by atoms with Crippen LogP contribution in [0.25, 0.3) is 0 Å². The lowest BCUT2D eigenvalue weighted by Crippen LogP contribution is -2.29. The van der Waals surface area contributed by atoms with Crippen molar-refractivity contribution in [3.63, 3.8) is 0 Å². The van der Waals surface area contributed by atoms with Crippen molar-refractivity contribution >= 4 is 11.8 Å². The van der Waals surface area contributed by atoms with Gasteiger partial charge in [-0.05, 0) is 36.5 Å². The lowest BCUT2D eigenvalue weighted by atomic mass is 9.68. The van der Waals surface area contributed by atoms with E-state index in [0.717, 1.165) is 6.42 Å². The van der Waals surface area contributed by atoms with Crippen LogP contribution in [0.2, 0.25) is 0 Å². The van der Waals surface area contributed by atoms with E-state index in [0.29, 0.717) is 30.1 Å². The molecule has 0 radical (unpaired) electrons. The van der Waals surface area contributed by atoms with Crippen molar-refractivity contribution in [2.24, 2.45) is 23.7 Å². The highest BCUT2D eigenvalue weighted by Gasteiger charge is 2.32. The van der Waals surface area contributed by atoms with E-state index in [1.807, 2.05) is 0 Å². The standard InChI is InChI=1S/C14H24O3/c1-9(2)13-5-4-10(3)6-11(13)7-12(15)8-14(16)17/h9-11,13H,4-8H2,1-3H3,(H,16,17). The summed E-state index contributed by atoms with van der Waals surface area (Å²) in [6.07, 6.45) is 3.65. The highest BCUT2D eigenvalue weighted by Crippen LogP contribution is 2.39. The average Bonchev–Trinajstić information content (AvgIpc) is 2.15. The third-order valence-corrected chi connectivity index (χ3v) is 4.00. The molecule has 0 aromatic carbocycles. The lowest BCUT2D eigenvalue weighted by molar-refractivity contribution is -0.140. The third kappa shape index (κ3) is 4.49. The Bertz CT molecular complexity index is 283. The van der Waals surface area contributed by atoms with Crippen molar-refractivity contribution in [2.45, 2.75) is 52.9 Å². The number of carbonyl (C=O) groups is 2. The van der Waals surface area contributed by atoms with Crippen LogP contribution in [0.15, 0.2) is 0 Å². The van der Waals surface area contributed by atoms with Crippen LogP contribution in [0.4, 0.5) is 0 Å². The van der Waals surface area contributed by atoms with Gasteiger partial charge in [0, 0.05) is 6.42 Å². The largest absolute Gasteiger partial charge is 0.481 e. The Hall–Kier alpha value is -0.860. The van der Waals surface area contributed by atoms with Gasteiger partial charge in [-0.25, -0.2) is 0 Å². The number of hydrogen-bond donors (Lipinski definition) is 1. The predicted molar refractivity (Wildman–Crippen MR) is 66.7 cm³/mol. The van der Waals surface area contributed by atoms with Gasteiger partial charge >= 0.3 is 5.97 Å². The molecular weight excluding hydrogens is 216 g/mol. The second kappa shape index (κ2) is 6.18. The molecule has 1 saturated carbocycles. The van der Waals surface area contributed by atoms with Crippen LogP contribution in [0, 0.1) is 23.7 Å². The second-order valence-corrected chi connectivity index (χ2v) is 5.90. The molecule has 3 heteroatoms. The maximum Gasteiger partial charge on any atom is 0.310 e. The van der Waals surface area contributed by atoms with Crippen LogP contribution in [0.5, 0.6) is 0 Å². The fourth-order valence-corrected chi connectivity index (χ4v) is 3.17. The summed E-state index contributed by atoms with van der Waals surface area (Å²) in [6.45, 7) is 6.63. The number of hydrogen-bond acceptors (Lipinski definition) is 2. The molecule has 3 atom stereocenters. The van der Waals surface area contributed by atoms with E-state index in [1.54, 1.807) is 0 Å². The molecule has 0 saturated heterocycles. The first-order valence-corrected chi connectivity index (χ1v) is 6.63. The molecule has 0 aromatic heterocycles. The molecule has 0 spiro atoms. The number of carboxylic acid groups (broad SMARTS) is 1. The fourth-order valence-electron chi connectivity index (χ4n) is 3.17. The van der Waals surface area contributed by atoms with E-state index in [9.17, 15) is 9.59 Å². The normalized spacial score (nSPS) is 29.3. The second-order valence-electron chi connectivity index (χ2n) is 5.90. The van der Waals surface area contributed by atoms with Gasteiger partial charge in [0.1, 0.15) is 12.2 Å². The van der Waals surface area contributed by atoms with Crippen molar-refractivity contribution in [3.05, 3.63) is 0 Å². The molecular formula is C14H24O3. The van der Waals surface area contributed by atoms with Crippen LogP contribution < -0.4 is 0 Å². The van der Waals surface area contributed by atoms with Gasteiger partial charge in [-0.15, -0.1) is 0 Å². The summed E-state index contributed by atoms with van der Waals surface area (Å²) in [5.74, 6) is 1.13. The Labute approximate surface area is 104 Å². The maximum absolute atomic E-state index is 11.6. The van der Waals surface area contributed by atoms with Crippen LogP contribution in [-0.4, -0.2) is 16.9 Å². The Morgan fingerprint density at radius 2 is 1.94 bits per heavy atom. The number of carboxylic acids is 1. The Morgan fingerprint density at radius 1 is 1.29 bits per heavy atom. The molecule has 0 bridgehead atoms.